The highest BCUT2D eigenvalue weighted by Gasteiger charge is 2.16. The Morgan fingerprint density at radius 1 is 1.16 bits per heavy atom. The van der Waals surface area contributed by atoms with Crippen molar-refractivity contribution in [2.75, 3.05) is 18.1 Å². The summed E-state index contributed by atoms with van der Waals surface area (Å²) in [5.41, 5.74) is 3.07. The summed E-state index contributed by atoms with van der Waals surface area (Å²) in [4.78, 5) is 12.6. The number of hydrogen-bond acceptors (Lipinski definition) is 7. The number of tetrazole rings is 1. The first kappa shape index (κ1) is 23.9. The van der Waals surface area contributed by atoms with E-state index in [4.69, 9.17) is 0 Å². The monoisotopic (exact) mass is 474 g/mol. The van der Waals surface area contributed by atoms with E-state index in [0.717, 1.165) is 24.9 Å². The molecule has 1 aromatic heterocycles. The fraction of sp³-hybridized carbons (Fsp3) is 0.333. The predicted molar refractivity (Wildman–Crippen MR) is 125 cm³/mol. The predicted octanol–water partition coefficient (Wildman–Crippen LogP) is 2.95. The van der Waals surface area contributed by atoms with E-state index in [0.29, 0.717) is 16.4 Å². The number of aromatic nitrogens is 4. The molecule has 0 saturated heterocycles. The van der Waals surface area contributed by atoms with Crippen LogP contribution in [0.2, 0.25) is 0 Å². The number of hydrogen-bond donors (Lipinski definition) is 2. The molecule has 1 heterocycles. The average Bonchev–Trinajstić information content (AvgIpc) is 3.26. The Kier molecular flexibility index (Phi) is 7.99. The van der Waals surface area contributed by atoms with Gasteiger partial charge in [-0.05, 0) is 72.6 Å². The third-order valence-corrected chi connectivity index (χ3v) is 7.28. The van der Waals surface area contributed by atoms with Crippen molar-refractivity contribution in [3.63, 3.8) is 0 Å². The van der Waals surface area contributed by atoms with E-state index in [9.17, 15) is 13.2 Å². The van der Waals surface area contributed by atoms with Gasteiger partial charge in [-0.3, -0.25) is 4.79 Å². The van der Waals surface area contributed by atoms with E-state index >= 15 is 0 Å². The molecule has 170 valence electrons. The molecule has 0 unspecified atom stereocenters. The van der Waals surface area contributed by atoms with Gasteiger partial charge in [-0.25, -0.2) is 13.1 Å². The number of aryl methyl sites for hydroxylation is 2. The maximum atomic E-state index is 12.4. The van der Waals surface area contributed by atoms with E-state index in [1.807, 2.05) is 12.1 Å². The van der Waals surface area contributed by atoms with E-state index in [-0.39, 0.29) is 16.6 Å². The van der Waals surface area contributed by atoms with Crippen LogP contribution >= 0.6 is 11.8 Å². The molecule has 3 aromatic rings. The molecular weight excluding hydrogens is 448 g/mol. The first-order chi connectivity index (χ1) is 15.3. The van der Waals surface area contributed by atoms with Crippen molar-refractivity contribution >= 4 is 33.4 Å². The molecule has 0 atom stereocenters. The van der Waals surface area contributed by atoms with Gasteiger partial charge >= 0.3 is 0 Å². The van der Waals surface area contributed by atoms with Crippen molar-refractivity contribution < 1.29 is 13.2 Å². The molecule has 11 heteroatoms. The second-order valence-electron chi connectivity index (χ2n) is 7.17. The summed E-state index contributed by atoms with van der Waals surface area (Å²) in [6.07, 6.45) is 3.32. The van der Waals surface area contributed by atoms with Gasteiger partial charge in [-0.1, -0.05) is 43.3 Å². The molecule has 0 saturated carbocycles. The normalized spacial score (nSPS) is 11.5. The highest BCUT2D eigenvalue weighted by atomic mass is 32.2. The van der Waals surface area contributed by atoms with E-state index < -0.39 is 10.0 Å². The summed E-state index contributed by atoms with van der Waals surface area (Å²) < 4.78 is 28.1. The zero-order chi connectivity index (χ0) is 23.1. The average molecular weight is 475 g/mol. The minimum absolute atomic E-state index is 0.0664. The number of anilines is 1. The number of benzene rings is 2. The van der Waals surface area contributed by atoms with Crippen LogP contribution in [0.5, 0.6) is 0 Å². The maximum Gasteiger partial charge on any atom is 0.240 e. The van der Waals surface area contributed by atoms with Crippen LogP contribution in [0.15, 0.2) is 52.5 Å². The molecule has 0 spiro atoms. The molecule has 1 amide bonds. The number of unbranched alkanes of at least 4 members (excludes halogenated alkanes) is 1. The first-order valence-corrected chi connectivity index (χ1v) is 12.7. The standard InChI is InChI=1S/C21H26N6O3S2/c1-4-5-6-16-8-11-18(12-9-16)27-21(24-25-26-27)31-14-20(28)23-17-10-7-15(2)19(13-17)32(29,30)22-3/h7-13,22H,4-6,14H2,1-3H3,(H,23,28). The van der Waals surface area contributed by atoms with Gasteiger partial charge in [-0.2, -0.15) is 4.68 Å². The minimum Gasteiger partial charge on any atom is -0.325 e. The van der Waals surface area contributed by atoms with Crippen LogP contribution < -0.4 is 10.0 Å². The Morgan fingerprint density at radius 3 is 2.59 bits per heavy atom. The van der Waals surface area contributed by atoms with E-state index in [1.165, 1.54) is 30.4 Å². The molecular formula is C21H26N6O3S2. The molecule has 9 nitrogen and oxygen atoms in total. The second kappa shape index (κ2) is 10.7. The number of sulfonamides is 1. The highest BCUT2D eigenvalue weighted by Crippen LogP contribution is 2.22. The summed E-state index contributed by atoms with van der Waals surface area (Å²) in [6.45, 7) is 3.86. The molecule has 32 heavy (non-hydrogen) atoms. The van der Waals surface area contributed by atoms with Gasteiger partial charge in [-0.15, -0.1) is 5.10 Å². The number of nitrogens with zero attached hydrogens (tertiary/aromatic N) is 4. The van der Waals surface area contributed by atoms with Crippen LogP contribution in [0.25, 0.3) is 5.69 Å². The molecule has 0 aliphatic rings. The number of carbonyl (C=O) groups excluding carboxylic acids is 1. The SMILES string of the molecule is CCCCc1ccc(-n2nnnc2SCC(=O)Nc2ccc(C)c(S(=O)(=O)NC)c2)cc1. The first-order valence-electron chi connectivity index (χ1n) is 10.2. The topological polar surface area (TPSA) is 119 Å². The number of amides is 1. The lowest BCUT2D eigenvalue weighted by Gasteiger charge is -2.10. The van der Waals surface area contributed by atoms with Crippen LogP contribution in [0.1, 0.15) is 30.9 Å². The summed E-state index contributed by atoms with van der Waals surface area (Å²) in [7, 11) is -2.27. The second-order valence-corrected chi connectivity index (χ2v) is 9.97. The molecule has 0 fully saturated rings. The third-order valence-electron chi connectivity index (χ3n) is 4.80. The number of nitrogens with one attached hydrogen (secondary N) is 2. The van der Waals surface area contributed by atoms with Gasteiger partial charge in [0, 0.05) is 5.69 Å². The third kappa shape index (κ3) is 5.93. The van der Waals surface area contributed by atoms with Gasteiger partial charge in [0.25, 0.3) is 0 Å². The fourth-order valence-electron chi connectivity index (χ4n) is 3.02. The van der Waals surface area contributed by atoms with Gasteiger partial charge in [0.05, 0.1) is 16.3 Å². The van der Waals surface area contributed by atoms with Crippen molar-refractivity contribution in [2.24, 2.45) is 0 Å². The lowest BCUT2D eigenvalue weighted by Crippen LogP contribution is -2.20. The Balaban J connectivity index is 1.64. The van der Waals surface area contributed by atoms with Gasteiger partial charge in [0.15, 0.2) is 0 Å². The fourth-order valence-corrected chi connectivity index (χ4v) is 4.70. The number of carbonyl (C=O) groups is 1. The minimum atomic E-state index is -3.62. The van der Waals surface area contributed by atoms with Gasteiger partial charge < -0.3 is 5.32 Å². The molecule has 2 aromatic carbocycles. The van der Waals surface area contributed by atoms with E-state index in [1.54, 1.807) is 23.7 Å². The maximum absolute atomic E-state index is 12.4. The Hall–Kier alpha value is -2.76. The summed E-state index contributed by atoms with van der Waals surface area (Å²) in [5, 5.41) is 15.0. The molecule has 2 N–H and O–H groups in total. The van der Waals surface area contributed by atoms with Gasteiger partial charge in [0.2, 0.25) is 21.1 Å². The molecule has 0 radical (unpaired) electrons. The Bertz CT molecular complexity index is 1180. The summed E-state index contributed by atoms with van der Waals surface area (Å²) >= 11 is 1.20. The summed E-state index contributed by atoms with van der Waals surface area (Å²) in [5.74, 6) is -0.229. The van der Waals surface area contributed by atoms with Gasteiger partial charge in [0.1, 0.15) is 0 Å². The van der Waals surface area contributed by atoms with Crippen molar-refractivity contribution in [1.29, 1.82) is 0 Å². The van der Waals surface area contributed by atoms with Crippen LogP contribution in [-0.2, 0) is 21.2 Å². The quantitative estimate of drug-likeness (QED) is 0.434. The Morgan fingerprint density at radius 2 is 1.91 bits per heavy atom. The molecule has 3 rings (SSSR count). The van der Waals surface area contributed by atoms with Crippen LogP contribution in [0.4, 0.5) is 5.69 Å². The Labute approximate surface area is 192 Å². The van der Waals surface area contributed by atoms with Crippen LogP contribution in [0, 0.1) is 6.92 Å². The van der Waals surface area contributed by atoms with Crippen molar-refractivity contribution in [1.82, 2.24) is 24.9 Å². The smallest absolute Gasteiger partial charge is 0.240 e. The zero-order valence-corrected chi connectivity index (χ0v) is 19.8. The lowest BCUT2D eigenvalue weighted by molar-refractivity contribution is -0.113. The molecule has 0 aliphatic carbocycles. The number of thioether (sulfide) groups is 1. The number of rotatable bonds is 10. The zero-order valence-electron chi connectivity index (χ0n) is 18.2. The molecule has 0 bridgehead atoms. The largest absolute Gasteiger partial charge is 0.325 e. The van der Waals surface area contributed by atoms with Crippen molar-refractivity contribution in [3.8, 4) is 5.69 Å². The summed E-state index contributed by atoms with van der Waals surface area (Å²) in [6, 6.07) is 12.8. The lowest BCUT2D eigenvalue weighted by atomic mass is 10.1. The van der Waals surface area contributed by atoms with Crippen LogP contribution in [-0.4, -0.2) is 47.3 Å². The van der Waals surface area contributed by atoms with Crippen LogP contribution in [0.3, 0.4) is 0 Å². The molecule has 0 aliphatic heterocycles. The van der Waals surface area contributed by atoms with E-state index in [2.05, 4.69) is 44.6 Å². The highest BCUT2D eigenvalue weighted by molar-refractivity contribution is 7.99. The van der Waals surface area contributed by atoms with Crippen molar-refractivity contribution in [3.05, 3.63) is 53.6 Å². The van der Waals surface area contributed by atoms with Crippen molar-refractivity contribution in [2.45, 2.75) is 43.2 Å².